The Balaban J connectivity index is 1.76. The van der Waals surface area contributed by atoms with Crippen molar-refractivity contribution >= 4 is 51.5 Å². The molecule has 134 valence electrons. The minimum Gasteiger partial charge on any atom is -0.350 e. The van der Waals surface area contributed by atoms with Gasteiger partial charge in [0.2, 0.25) is 0 Å². The van der Waals surface area contributed by atoms with E-state index in [1.54, 1.807) is 24.4 Å². The van der Waals surface area contributed by atoms with E-state index < -0.39 is 0 Å². The topological polar surface area (TPSA) is 50.2 Å². The molecule has 0 spiro atoms. The minimum atomic E-state index is 0.0409. The molecule has 0 saturated carbocycles. The first-order valence-corrected chi connectivity index (χ1v) is 9.25. The summed E-state index contributed by atoms with van der Waals surface area (Å²) >= 11 is 12.2. The van der Waals surface area contributed by atoms with Crippen LogP contribution in [0, 0.1) is 0 Å². The van der Waals surface area contributed by atoms with Gasteiger partial charge < -0.3 is 14.8 Å². The third kappa shape index (κ3) is 3.13. The van der Waals surface area contributed by atoms with Crippen molar-refractivity contribution in [3.8, 4) is 0 Å². The van der Waals surface area contributed by atoms with Crippen LogP contribution in [0.1, 0.15) is 23.2 Å². The third-order valence-electron chi connectivity index (χ3n) is 4.65. The normalized spacial score (nSPS) is 14.2. The second-order valence-corrected chi connectivity index (χ2v) is 7.36. The van der Waals surface area contributed by atoms with Crippen LogP contribution < -0.4 is 5.32 Å². The lowest BCUT2D eigenvalue weighted by Gasteiger charge is -2.17. The van der Waals surface area contributed by atoms with Crippen molar-refractivity contribution in [3.63, 3.8) is 0 Å². The van der Waals surface area contributed by atoms with Crippen LogP contribution in [0.25, 0.3) is 10.9 Å². The highest BCUT2D eigenvalue weighted by Gasteiger charge is 2.23. The van der Waals surface area contributed by atoms with Gasteiger partial charge in [0.05, 0.1) is 11.1 Å². The van der Waals surface area contributed by atoms with Crippen LogP contribution in [0.4, 0.5) is 11.5 Å². The van der Waals surface area contributed by atoms with E-state index >= 15 is 0 Å². The predicted octanol–water partition coefficient (Wildman–Crippen LogP) is 4.86. The first kappa shape index (κ1) is 17.2. The molecule has 5 nitrogen and oxygen atoms in total. The van der Waals surface area contributed by atoms with Crippen LogP contribution >= 0.6 is 23.2 Å². The third-order valence-corrected chi connectivity index (χ3v) is 5.09. The molecule has 1 N–H and O–H groups in total. The fraction of sp³-hybridized carbons (Fsp3) is 0.263. The molecular weight excluding hydrogens is 371 g/mol. The van der Waals surface area contributed by atoms with Gasteiger partial charge in [-0.15, -0.1) is 0 Å². The molecule has 1 saturated heterocycles. The monoisotopic (exact) mass is 388 g/mol. The summed E-state index contributed by atoms with van der Waals surface area (Å²) in [6.45, 7) is 1.62. The van der Waals surface area contributed by atoms with Crippen LogP contribution in [-0.4, -0.2) is 33.4 Å². The minimum absolute atomic E-state index is 0.0409. The van der Waals surface area contributed by atoms with Crippen LogP contribution in [0.15, 0.2) is 36.7 Å². The zero-order chi connectivity index (χ0) is 18.3. The SMILES string of the molecule is Cn1ccc2c(Nc3cc(Cl)cc(Cl)c3)ncc(C(=O)N3CCCC3)c21. The van der Waals surface area contributed by atoms with Crippen LogP contribution in [-0.2, 0) is 7.05 Å². The number of hydrogen-bond donors (Lipinski definition) is 1. The number of nitrogens with zero attached hydrogens (tertiary/aromatic N) is 3. The van der Waals surface area contributed by atoms with Gasteiger partial charge in [0, 0.05) is 53.6 Å². The summed E-state index contributed by atoms with van der Waals surface area (Å²) < 4.78 is 1.95. The molecule has 1 fully saturated rings. The summed E-state index contributed by atoms with van der Waals surface area (Å²) in [6.07, 6.45) is 5.70. The van der Waals surface area contributed by atoms with Gasteiger partial charge in [-0.2, -0.15) is 0 Å². The van der Waals surface area contributed by atoms with E-state index in [2.05, 4.69) is 10.3 Å². The number of halogens is 2. The molecule has 1 aromatic carbocycles. The van der Waals surface area contributed by atoms with Gasteiger partial charge in [0.25, 0.3) is 5.91 Å². The molecule has 0 atom stereocenters. The van der Waals surface area contributed by atoms with Crippen molar-refractivity contribution in [2.75, 3.05) is 18.4 Å². The van der Waals surface area contributed by atoms with Crippen molar-refractivity contribution in [2.45, 2.75) is 12.8 Å². The number of fused-ring (bicyclic) bond motifs is 1. The first-order valence-electron chi connectivity index (χ1n) is 8.49. The summed E-state index contributed by atoms with van der Waals surface area (Å²) in [7, 11) is 1.93. The smallest absolute Gasteiger partial charge is 0.257 e. The fourth-order valence-corrected chi connectivity index (χ4v) is 3.95. The van der Waals surface area contributed by atoms with Gasteiger partial charge in [-0.25, -0.2) is 4.98 Å². The lowest BCUT2D eigenvalue weighted by atomic mass is 10.1. The average Bonchev–Trinajstić information content (AvgIpc) is 3.24. The van der Waals surface area contributed by atoms with Gasteiger partial charge in [-0.1, -0.05) is 23.2 Å². The van der Waals surface area contributed by atoms with E-state index in [4.69, 9.17) is 23.2 Å². The van der Waals surface area contributed by atoms with E-state index in [1.807, 2.05) is 28.8 Å². The Morgan fingerprint density at radius 1 is 1.15 bits per heavy atom. The number of benzene rings is 1. The summed E-state index contributed by atoms with van der Waals surface area (Å²) in [5.41, 5.74) is 2.25. The molecule has 3 aromatic rings. The Labute approximate surface area is 161 Å². The molecule has 1 amide bonds. The predicted molar refractivity (Wildman–Crippen MR) is 106 cm³/mol. The number of pyridine rings is 1. The average molecular weight is 389 g/mol. The van der Waals surface area contributed by atoms with Crippen LogP contribution in [0.3, 0.4) is 0 Å². The Hall–Kier alpha value is -2.24. The van der Waals surface area contributed by atoms with Crippen molar-refractivity contribution in [2.24, 2.45) is 7.05 Å². The highest BCUT2D eigenvalue weighted by Crippen LogP contribution is 2.31. The van der Waals surface area contributed by atoms with Crippen molar-refractivity contribution in [1.29, 1.82) is 0 Å². The number of aryl methyl sites for hydroxylation is 1. The Morgan fingerprint density at radius 2 is 1.85 bits per heavy atom. The van der Waals surface area contributed by atoms with Crippen molar-refractivity contribution < 1.29 is 4.79 Å². The number of nitrogens with one attached hydrogen (secondary N) is 1. The quantitative estimate of drug-likeness (QED) is 0.696. The van der Waals surface area contributed by atoms with E-state index in [0.717, 1.165) is 42.5 Å². The number of carbonyl (C=O) groups is 1. The number of hydrogen-bond acceptors (Lipinski definition) is 3. The van der Waals surface area contributed by atoms with E-state index in [1.165, 1.54) is 0 Å². The molecule has 7 heteroatoms. The molecule has 0 radical (unpaired) electrons. The molecule has 1 aliphatic rings. The van der Waals surface area contributed by atoms with Crippen molar-refractivity contribution in [3.05, 3.63) is 52.3 Å². The number of anilines is 2. The molecule has 26 heavy (non-hydrogen) atoms. The second-order valence-electron chi connectivity index (χ2n) is 6.49. The maximum atomic E-state index is 12.9. The molecule has 2 aromatic heterocycles. The lowest BCUT2D eigenvalue weighted by molar-refractivity contribution is 0.0794. The second kappa shape index (κ2) is 6.82. The molecule has 0 aliphatic carbocycles. The highest BCUT2D eigenvalue weighted by molar-refractivity contribution is 6.35. The van der Waals surface area contributed by atoms with Gasteiger partial charge in [-0.05, 0) is 37.1 Å². The van der Waals surface area contributed by atoms with Gasteiger partial charge in [-0.3, -0.25) is 4.79 Å². The molecule has 0 bridgehead atoms. The zero-order valence-corrected chi connectivity index (χ0v) is 15.8. The fourth-order valence-electron chi connectivity index (χ4n) is 3.43. The van der Waals surface area contributed by atoms with E-state index in [-0.39, 0.29) is 5.91 Å². The van der Waals surface area contributed by atoms with E-state index in [0.29, 0.717) is 21.4 Å². The van der Waals surface area contributed by atoms with Gasteiger partial charge in [0.1, 0.15) is 5.82 Å². The molecule has 0 unspecified atom stereocenters. The largest absolute Gasteiger partial charge is 0.350 e. The van der Waals surface area contributed by atoms with Crippen molar-refractivity contribution in [1.82, 2.24) is 14.5 Å². The van der Waals surface area contributed by atoms with Gasteiger partial charge in [0.15, 0.2) is 0 Å². The standard InChI is InChI=1S/C19H18Cl2N4O/c1-24-7-4-15-17(24)16(19(26)25-5-2-3-6-25)11-22-18(15)23-14-9-12(20)8-13(21)10-14/h4,7-11H,2-3,5-6H2,1H3,(H,22,23). The maximum Gasteiger partial charge on any atom is 0.257 e. The molecule has 1 aliphatic heterocycles. The Bertz CT molecular complexity index is 972. The van der Waals surface area contributed by atoms with E-state index in [9.17, 15) is 4.79 Å². The van der Waals surface area contributed by atoms with Crippen LogP contribution in [0.5, 0.6) is 0 Å². The van der Waals surface area contributed by atoms with Gasteiger partial charge >= 0.3 is 0 Å². The zero-order valence-electron chi connectivity index (χ0n) is 14.3. The number of aromatic nitrogens is 2. The lowest BCUT2D eigenvalue weighted by Crippen LogP contribution is -2.28. The number of carbonyl (C=O) groups excluding carboxylic acids is 1. The summed E-state index contributed by atoms with van der Waals surface area (Å²) in [5, 5.41) is 5.24. The number of rotatable bonds is 3. The summed E-state index contributed by atoms with van der Waals surface area (Å²) in [6, 6.07) is 7.20. The number of amides is 1. The molecule has 3 heterocycles. The Kier molecular flexibility index (Phi) is 4.51. The first-order chi connectivity index (χ1) is 12.5. The molecular formula is C19H18Cl2N4O. The Morgan fingerprint density at radius 3 is 2.54 bits per heavy atom. The highest BCUT2D eigenvalue weighted by atomic mass is 35.5. The molecule has 4 rings (SSSR count). The summed E-state index contributed by atoms with van der Waals surface area (Å²) in [5.74, 6) is 0.705. The van der Waals surface area contributed by atoms with Crippen LogP contribution in [0.2, 0.25) is 10.0 Å². The summed E-state index contributed by atoms with van der Waals surface area (Å²) in [4.78, 5) is 19.3. The maximum absolute atomic E-state index is 12.9. The number of likely N-dealkylation sites (tertiary alicyclic amines) is 1.